The van der Waals surface area contributed by atoms with Gasteiger partial charge in [0.25, 0.3) is 0 Å². The van der Waals surface area contributed by atoms with E-state index in [1.807, 2.05) is 0 Å². The Kier molecular flexibility index (Phi) is 7.48. The third kappa shape index (κ3) is 6.58. The first kappa shape index (κ1) is 20.2. The van der Waals surface area contributed by atoms with Gasteiger partial charge in [0.05, 0.1) is 0 Å². The molecule has 0 aliphatic heterocycles. The standard InChI is InChI=1S/C22H37NO2S/c1-17(24)26-14-11-21(25)23-13-3-2-12-22(20-9-10-20,16-19-7-8-19)15-18-5-4-6-18/h18-20H,2-16H2,1H3,(H,23,25). The van der Waals surface area contributed by atoms with Crippen molar-refractivity contribution in [2.75, 3.05) is 12.3 Å². The molecule has 1 unspecified atom stereocenters. The highest BCUT2D eigenvalue weighted by atomic mass is 32.2. The van der Waals surface area contributed by atoms with Crippen LogP contribution in [0.2, 0.25) is 0 Å². The van der Waals surface area contributed by atoms with E-state index < -0.39 is 0 Å². The van der Waals surface area contributed by atoms with E-state index in [2.05, 4.69) is 5.32 Å². The lowest BCUT2D eigenvalue weighted by molar-refractivity contribution is -0.120. The molecule has 0 aromatic carbocycles. The number of thioether (sulfide) groups is 1. The zero-order valence-electron chi connectivity index (χ0n) is 16.6. The molecular formula is C22H37NO2S. The van der Waals surface area contributed by atoms with E-state index in [-0.39, 0.29) is 11.0 Å². The minimum atomic E-state index is 0.0938. The molecule has 148 valence electrons. The Bertz CT molecular complexity index is 483. The molecule has 1 atom stereocenters. The van der Waals surface area contributed by atoms with Gasteiger partial charge in [-0.15, -0.1) is 0 Å². The summed E-state index contributed by atoms with van der Waals surface area (Å²) in [5.74, 6) is 3.78. The maximum absolute atomic E-state index is 11.8. The molecule has 3 saturated carbocycles. The maximum atomic E-state index is 11.8. The number of hydrogen-bond donors (Lipinski definition) is 1. The van der Waals surface area contributed by atoms with Crippen molar-refractivity contribution in [1.29, 1.82) is 0 Å². The predicted octanol–water partition coefficient (Wildman–Crippen LogP) is 5.33. The van der Waals surface area contributed by atoms with Crippen LogP contribution in [0.1, 0.15) is 90.4 Å². The number of hydrogen-bond acceptors (Lipinski definition) is 3. The molecule has 0 aromatic heterocycles. The van der Waals surface area contributed by atoms with Crippen molar-refractivity contribution in [2.24, 2.45) is 23.2 Å². The molecule has 0 spiro atoms. The van der Waals surface area contributed by atoms with Crippen LogP contribution in [-0.2, 0) is 9.59 Å². The summed E-state index contributed by atoms with van der Waals surface area (Å²) in [5.41, 5.74) is 0.647. The number of carbonyl (C=O) groups is 2. The van der Waals surface area contributed by atoms with Crippen molar-refractivity contribution in [3.05, 3.63) is 0 Å². The van der Waals surface area contributed by atoms with Crippen LogP contribution in [0.4, 0.5) is 0 Å². The van der Waals surface area contributed by atoms with Gasteiger partial charge >= 0.3 is 0 Å². The molecule has 26 heavy (non-hydrogen) atoms. The van der Waals surface area contributed by atoms with Gasteiger partial charge in [0.2, 0.25) is 5.91 Å². The fourth-order valence-corrected chi connectivity index (χ4v) is 5.47. The van der Waals surface area contributed by atoms with Gasteiger partial charge in [-0.25, -0.2) is 0 Å². The average Bonchev–Trinajstić information content (AvgIpc) is 3.43. The fourth-order valence-electron chi connectivity index (χ4n) is 4.90. The summed E-state index contributed by atoms with van der Waals surface area (Å²) in [6, 6.07) is 0. The molecule has 0 radical (unpaired) electrons. The number of rotatable bonds is 13. The van der Waals surface area contributed by atoms with Crippen LogP contribution in [0.25, 0.3) is 0 Å². The van der Waals surface area contributed by atoms with Crippen LogP contribution in [0.15, 0.2) is 0 Å². The summed E-state index contributed by atoms with van der Waals surface area (Å²) in [7, 11) is 0. The highest BCUT2D eigenvalue weighted by Crippen LogP contribution is 2.59. The molecule has 0 heterocycles. The van der Waals surface area contributed by atoms with Crippen molar-refractivity contribution in [3.8, 4) is 0 Å². The van der Waals surface area contributed by atoms with Crippen molar-refractivity contribution in [1.82, 2.24) is 5.32 Å². The summed E-state index contributed by atoms with van der Waals surface area (Å²) in [4.78, 5) is 22.7. The molecule has 3 aliphatic rings. The first-order valence-corrected chi connectivity index (χ1v) is 12.0. The van der Waals surface area contributed by atoms with E-state index in [1.54, 1.807) is 6.92 Å². The van der Waals surface area contributed by atoms with Crippen LogP contribution in [0.3, 0.4) is 0 Å². The van der Waals surface area contributed by atoms with Gasteiger partial charge in [-0.1, -0.05) is 50.3 Å². The van der Waals surface area contributed by atoms with Gasteiger partial charge in [-0.2, -0.15) is 0 Å². The lowest BCUT2D eigenvalue weighted by atomic mass is 9.64. The van der Waals surface area contributed by atoms with Gasteiger partial charge in [-0.05, 0) is 61.7 Å². The number of amides is 1. The van der Waals surface area contributed by atoms with Crippen LogP contribution < -0.4 is 5.32 Å². The second-order valence-corrected chi connectivity index (χ2v) is 10.5. The van der Waals surface area contributed by atoms with E-state index in [0.717, 1.165) is 30.7 Å². The Morgan fingerprint density at radius 1 is 1.00 bits per heavy atom. The van der Waals surface area contributed by atoms with Gasteiger partial charge in [-0.3, -0.25) is 9.59 Å². The van der Waals surface area contributed by atoms with Gasteiger partial charge in [0, 0.05) is 25.6 Å². The monoisotopic (exact) mass is 379 g/mol. The Morgan fingerprint density at radius 2 is 1.69 bits per heavy atom. The fraction of sp³-hybridized carbons (Fsp3) is 0.909. The summed E-state index contributed by atoms with van der Waals surface area (Å²) in [6.45, 7) is 2.36. The van der Waals surface area contributed by atoms with Crippen molar-refractivity contribution in [3.63, 3.8) is 0 Å². The molecule has 1 amide bonds. The van der Waals surface area contributed by atoms with Crippen LogP contribution in [0, 0.1) is 23.2 Å². The van der Waals surface area contributed by atoms with E-state index in [9.17, 15) is 9.59 Å². The number of unbranched alkanes of at least 4 members (excludes halogenated alkanes) is 1. The topological polar surface area (TPSA) is 46.2 Å². The highest BCUT2D eigenvalue weighted by molar-refractivity contribution is 8.13. The zero-order chi connectivity index (χ0) is 18.4. The Morgan fingerprint density at radius 3 is 2.23 bits per heavy atom. The molecule has 3 aliphatic carbocycles. The summed E-state index contributed by atoms with van der Waals surface area (Å²) >= 11 is 1.24. The molecule has 3 rings (SSSR count). The first-order valence-electron chi connectivity index (χ1n) is 11.0. The molecule has 0 aromatic rings. The SMILES string of the molecule is CC(=O)SCCC(=O)NCCCCC(CC1CCC1)(CC1CC1)C1CC1. The predicted molar refractivity (Wildman–Crippen MR) is 109 cm³/mol. The second-order valence-electron chi connectivity index (χ2n) is 9.18. The van der Waals surface area contributed by atoms with Gasteiger partial charge in [0.1, 0.15) is 0 Å². The average molecular weight is 380 g/mol. The van der Waals surface area contributed by atoms with Crippen molar-refractivity contribution < 1.29 is 9.59 Å². The summed E-state index contributed by atoms with van der Waals surface area (Å²) in [5, 5.41) is 3.13. The van der Waals surface area contributed by atoms with Gasteiger partial charge in [0.15, 0.2) is 5.12 Å². The zero-order valence-corrected chi connectivity index (χ0v) is 17.4. The number of nitrogens with one attached hydrogen (secondary N) is 1. The van der Waals surface area contributed by atoms with E-state index in [0.29, 0.717) is 17.6 Å². The minimum Gasteiger partial charge on any atom is -0.356 e. The summed E-state index contributed by atoms with van der Waals surface area (Å²) < 4.78 is 0. The number of carbonyl (C=O) groups excluding carboxylic acids is 2. The summed E-state index contributed by atoms with van der Waals surface area (Å²) in [6.07, 6.45) is 17.6. The molecule has 3 nitrogen and oxygen atoms in total. The normalized spacial score (nSPS) is 22.5. The van der Waals surface area contributed by atoms with E-state index in [1.165, 1.54) is 82.4 Å². The lowest BCUT2D eigenvalue weighted by Gasteiger charge is -2.41. The third-order valence-electron chi connectivity index (χ3n) is 6.81. The molecule has 0 saturated heterocycles. The largest absolute Gasteiger partial charge is 0.356 e. The quantitative estimate of drug-likeness (QED) is 0.440. The molecule has 1 N–H and O–H groups in total. The molecule has 0 bridgehead atoms. The third-order valence-corrected chi connectivity index (χ3v) is 7.63. The molecule has 3 fully saturated rings. The van der Waals surface area contributed by atoms with Crippen LogP contribution in [0.5, 0.6) is 0 Å². The van der Waals surface area contributed by atoms with Crippen LogP contribution >= 0.6 is 11.8 Å². The van der Waals surface area contributed by atoms with E-state index >= 15 is 0 Å². The molecule has 4 heteroatoms. The first-order chi connectivity index (χ1) is 12.6. The Hall–Kier alpha value is -0.510. The molecular weight excluding hydrogens is 342 g/mol. The smallest absolute Gasteiger partial charge is 0.220 e. The van der Waals surface area contributed by atoms with Crippen molar-refractivity contribution >= 4 is 22.8 Å². The Labute approximate surface area is 163 Å². The van der Waals surface area contributed by atoms with Crippen LogP contribution in [-0.4, -0.2) is 23.3 Å². The lowest BCUT2D eigenvalue weighted by Crippen LogP contribution is -2.31. The van der Waals surface area contributed by atoms with Gasteiger partial charge < -0.3 is 5.32 Å². The second kappa shape index (κ2) is 9.61. The Balaban J connectivity index is 1.36. The highest BCUT2D eigenvalue weighted by Gasteiger charge is 2.48. The van der Waals surface area contributed by atoms with E-state index in [4.69, 9.17) is 0 Å². The maximum Gasteiger partial charge on any atom is 0.220 e. The minimum absolute atomic E-state index is 0.0938. The van der Waals surface area contributed by atoms with Crippen molar-refractivity contribution in [2.45, 2.75) is 90.4 Å².